The SMILES string of the molecule is Cc1[nH]c2ccc(C(=O)NCCNC(N)=O)cc2c1C. The molecule has 0 fully saturated rings. The van der Waals surface area contributed by atoms with Gasteiger partial charge in [0.25, 0.3) is 5.91 Å². The van der Waals surface area contributed by atoms with Crippen LogP contribution in [-0.2, 0) is 0 Å². The fourth-order valence-electron chi connectivity index (χ4n) is 2.07. The summed E-state index contributed by atoms with van der Waals surface area (Å²) in [5.41, 5.74) is 8.80. The van der Waals surface area contributed by atoms with E-state index in [2.05, 4.69) is 15.6 Å². The van der Waals surface area contributed by atoms with Crippen LogP contribution in [-0.4, -0.2) is 30.0 Å². The molecule has 0 bridgehead atoms. The summed E-state index contributed by atoms with van der Waals surface area (Å²) >= 11 is 0. The largest absolute Gasteiger partial charge is 0.358 e. The molecule has 0 unspecified atom stereocenters. The van der Waals surface area contributed by atoms with Crippen LogP contribution in [0.1, 0.15) is 21.6 Å². The number of rotatable bonds is 4. The van der Waals surface area contributed by atoms with Crippen molar-refractivity contribution in [3.63, 3.8) is 0 Å². The Hall–Kier alpha value is -2.50. The summed E-state index contributed by atoms with van der Waals surface area (Å²) in [6, 6.07) is 4.94. The maximum Gasteiger partial charge on any atom is 0.312 e. The molecule has 0 atom stereocenters. The van der Waals surface area contributed by atoms with Crippen LogP contribution in [0.25, 0.3) is 10.9 Å². The molecule has 1 aromatic heterocycles. The van der Waals surface area contributed by atoms with Gasteiger partial charge in [-0.3, -0.25) is 4.79 Å². The van der Waals surface area contributed by atoms with E-state index in [0.717, 1.165) is 22.2 Å². The lowest BCUT2D eigenvalue weighted by atomic mass is 10.1. The number of H-pyrrole nitrogens is 1. The molecule has 2 aromatic rings. The van der Waals surface area contributed by atoms with Crippen LogP contribution in [0.5, 0.6) is 0 Å². The predicted octanol–water partition coefficient (Wildman–Crippen LogP) is 1.18. The van der Waals surface area contributed by atoms with Crippen molar-refractivity contribution in [3.8, 4) is 0 Å². The smallest absolute Gasteiger partial charge is 0.312 e. The molecule has 3 amide bonds. The van der Waals surface area contributed by atoms with Gasteiger partial charge < -0.3 is 21.4 Å². The average molecular weight is 274 g/mol. The third-order valence-electron chi connectivity index (χ3n) is 3.28. The van der Waals surface area contributed by atoms with Crippen molar-refractivity contribution < 1.29 is 9.59 Å². The second-order valence-corrected chi connectivity index (χ2v) is 4.68. The number of primary amides is 1. The van der Waals surface area contributed by atoms with E-state index < -0.39 is 6.03 Å². The minimum absolute atomic E-state index is 0.170. The Morgan fingerprint density at radius 2 is 1.90 bits per heavy atom. The Bertz CT molecular complexity index is 660. The van der Waals surface area contributed by atoms with Gasteiger partial charge in [-0.05, 0) is 37.6 Å². The molecular weight excluding hydrogens is 256 g/mol. The van der Waals surface area contributed by atoms with Gasteiger partial charge in [0.1, 0.15) is 0 Å². The third kappa shape index (κ3) is 2.90. The minimum atomic E-state index is -0.598. The van der Waals surface area contributed by atoms with Gasteiger partial charge in [-0.2, -0.15) is 0 Å². The molecule has 106 valence electrons. The number of urea groups is 1. The quantitative estimate of drug-likeness (QED) is 0.629. The molecule has 0 aliphatic rings. The molecular formula is C14H18N4O2. The van der Waals surface area contributed by atoms with Crippen molar-refractivity contribution in [3.05, 3.63) is 35.0 Å². The van der Waals surface area contributed by atoms with E-state index in [1.807, 2.05) is 26.0 Å². The first kappa shape index (κ1) is 13.9. The van der Waals surface area contributed by atoms with E-state index >= 15 is 0 Å². The lowest BCUT2D eigenvalue weighted by Crippen LogP contribution is -2.37. The fourth-order valence-corrected chi connectivity index (χ4v) is 2.07. The summed E-state index contributed by atoms with van der Waals surface area (Å²) in [5, 5.41) is 6.19. The number of carbonyl (C=O) groups is 2. The van der Waals surface area contributed by atoms with E-state index in [1.165, 1.54) is 0 Å². The minimum Gasteiger partial charge on any atom is -0.358 e. The van der Waals surface area contributed by atoms with E-state index in [4.69, 9.17) is 5.73 Å². The van der Waals surface area contributed by atoms with Gasteiger partial charge in [0.15, 0.2) is 0 Å². The van der Waals surface area contributed by atoms with Gasteiger partial charge in [0.2, 0.25) is 0 Å². The predicted molar refractivity (Wildman–Crippen MR) is 77.7 cm³/mol. The highest BCUT2D eigenvalue weighted by molar-refractivity contribution is 5.99. The second kappa shape index (κ2) is 5.64. The van der Waals surface area contributed by atoms with Gasteiger partial charge in [-0.25, -0.2) is 4.79 Å². The van der Waals surface area contributed by atoms with Crippen molar-refractivity contribution in [2.45, 2.75) is 13.8 Å². The number of hydrogen-bond donors (Lipinski definition) is 4. The second-order valence-electron chi connectivity index (χ2n) is 4.68. The fraction of sp³-hybridized carbons (Fsp3) is 0.286. The van der Waals surface area contributed by atoms with Crippen LogP contribution >= 0.6 is 0 Å². The lowest BCUT2D eigenvalue weighted by molar-refractivity contribution is 0.0954. The molecule has 0 radical (unpaired) electrons. The first-order chi connectivity index (χ1) is 9.49. The van der Waals surface area contributed by atoms with Crippen LogP contribution in [0.2, 0.25) is 0 Å². The van der Waals surface area contributed by atoms with Crippen LogP contribution in [0, 0.1) is 13.8 Å². The van der Waals surface area contributed by atoms with Crippen LogP contribution < -0.4 is 16.4 Å². The molecule has 0 aliphatic carbocycles. The summed E-state index contributed by atoms with van der Waals surface area (Å²) in [6.07, 6.45) is 0. The molecule has 2 rings (SSSR count). The van der Waals surface area contributed by atoms with Gasteiger partial charge in [0.05, 0.1) is 0 Å². The maximum absolute atomic E-state index is 12.0. The highest BCUT2D eigenvalue weighted by Gasteiger charge is 2.09. The molecule has 6 heteroatoms. The zero-order chi connectivity index (χ0) is 14.7. The Balaban J connectivity index is 2.06. The molecule has 1 heterocycles. The van der Waals surface area contributed by atoms with Gasteiger partial charge >= 0.3 is 6.03 Å². The van der Waals surface area contributed by atoms with Crippen molar-refractivity contribution in [1.82, 2.24) is 15.6 Å². The van der Waals surface area contributed by atoms with Crippen LogP contribution in [0.15, 0.2) is 18.2 Å². The summed E-state index contributed by atoms with van der Waals surface area (Å²) < 4.78 is 0. The Morgan fingerprint density at radius 1 is 1.20 bits per heavy atom. The number of nitrogens with one attached hydrogen (secondary N) is 3. The number of benzene rings is 1. The Morgan fingerprint density at radius 3 is 2.60 bits per heavy atom. The Kier molecular flexibility index (Phi) is 3.93. The standard InChI is InChI=1S/C14H18N4O2/c1-8-9(2)18-12-4-3-10(7-11(8)12)13(19)16-5-6-17-14(15)20/h3-4,7,18H,5-6H2,1-2H3,(H,16,19)(H3,15,17,20). The van der Waals surface area contributed by atoms with E-state index in [0.29, 0.717) is 18.7 Å². The highest BCUT2D eigenvalue weighted by Crippen LogP contribution is 2.22. The average Bonchev–Trinajstić information content (AvgIpc) is 2.69. The number of hydrogen-bond acceptors (Lipinski definition) is 2. The molecule has 0 saturated carbocycles. The normalized spacial score (nSPS) is 10.5. The summed E-state index contributed by atoms with van der Waals surface area (Å²) in [6.45, 7) is 4.67. The molecule has 5 N–H and O–H groups in total. The molecule has 20 heavy (non-hydrogen) atoms. The van der Waals surface area contributed by atoms with Crippen molar-refractivity contribution >= 4 is 22.8 Å². The van der Waals surface area contributed by atoms with Crippen molar-refractivity contribution in [2.24, 2.45) is 5.73 Å². The molecule has 0 saturated heterocycles. The topological polar surface area (TPSA) is 100 Å². The van der Waals surface area contributed by atoms with Gasteiger partial charge in [0, 0.05) is 35.2 Å². The molecule has 1 aromatic carbocycles. The summed E-state index contributed by atoms with van der Waals surface area (Å²) in [4.78, 5) is 25.7. The van der Waals surface area contributed by atoms with E-state index in [1.54, 1.807) is 6.07 Å². The summed E-state index contributed by atoms with van der Waals surface area (Å²) in [5.74, 6) is -0.170. The lowest BCUT2D eigenvalue weighted by Gasteiger charge is -2.06. The number of carbonyl (C=O) groups excluding carboxylic acids is 2. The highest BCUT2D eigenvalue weighted by atomic mass is 16.2. The number of aryl methyl sites for hydroxylation is 2. The van der Waals surface area contributed by atoms with Crippen molar-refractivity contribution in [2.75, 3.05) is 13.1 Å². The van der Waals surface area contributed by atoms with Gasteiger partial charge in [-0.1, -0.05) is 0 Å². The first-order valence-corrected chi connectivity index (χ1v) is 6.39. The van der Waals surface area contributed by atoms with Crippen LogP contribution in [0.3, 0.4) is 0 Å². The van der Waals surface area contributed by atoms with E-state index in [9.17, 15) is 9.59 Å². The van der Waals surface area contributed by atoms with Crippen molar-refractivity contribution in [1.29, 1.82) is 0 Å². The maximum atomic E-state index is 12.0. The molecule has 6 nitrogen and oxygen atoms in total. The number of aromatic nitrogens is 1. The number of fused-ring (bicyclic) bond motifs is 1. The zero-order valence-electron chi connectivity index (χ0n) is 11.5. The molecule has 0 aliphatic heterocycles. The number of nitrogens with two attached hydrogens (primary N) is 1. The van der Waals surface area contributed by atoms with Gasteiger partial charge in [-0.15, -0.1) is 0 Å². The summed E-state index contributed by atoms with van der Waals surface area (Å²) in [7, 11) is 0. The van der Waals surface area contributed by atoms with Crippen LogP contribution in [0.4, 0.5) is 4.79 Å². The number of amides is 3. The van der Waals surface area contributed by atoms with E-state index in [-0.39, 0.29) is 5.91 Å². The first-order valence-electron chi connectivity index (χ1n) is 6.39. The number of aromatic amines is 1. The Labute approximate surface area is 116 Å². The zero-order valence-corrected chi connectivity index (χ0v) is 11.5. The third-order valence-corrected chi connectivity index (χ3v) is 3.28. The monoisotopic (exact) mass is 274 g/mol. The molecule has 0 spiro atoms.